The minimum atomic E-state index is 0.782. The molecule has 0 saturated carbocycles. The van der Waals surface area contributed by atoms with Gasteiger partial charge in [-0.15, -0.1) is 11.3 Å². The van der Waals surface area contributed by atoms with E-state index >= 15 is 0 Å². The summed E-state index contributed by atoms with van der Waals surface area (Å²) < 4.78 is 5.26. The topological polar surface area (TPSA) is 9.23 Å². The first kappa shape index (κ1) is 8.02. The number of thiophene rings is 1. The van der Waals surface area contributed by atoms with Gasteiger partial charge in [-0.3, -0.25) is 0 Å². The van der Waals surface area contributed by atoms with Crippen molar-refractivity contribution in [2.24, 2.45) is 0 Å². The van der Waals surface area contributed by atoms with E-state index in [1.54, 1.807) is 0 Å². The maximum atomic E-state index is 5.26. The molecule has 1 aliphatic rings. The Bertz CT molecular complexity index is 299. The second kappa shape index (κ2) is 3.42. The quantitative estimate of drug-likeness (QED) is 0.645. The highest BCUT2D eigenvalue weighted by molar-refractivity contribution is 7.10. The molecule has 12 heavy (non-hydrogen) atoms. The van der Waals surface area contributed by atoms with E-state index in [0.717, 1.165) is 19.6 Å². The van der Waals surface area contributed by atoms with Crippen LogP contribution in [0.4, 0.5) is 0 Å². The standard InChI is InChI=1S/C10H12OS/c1-8-6-10(7-12-8)9-2-4-11-5-3-9/h2,6-7H,3-5H2,1H3. The molecule has 0 bridgehead atoms. The average Bonchev–Trinajstić information content (AvgIpc) is 2.54. The molecule has 0 aliphatic carbocycles. The molecule has 2 heteroatoms. The maximum Gasteiger partial charge on any atom is 0.0653 e. The third-order valence-corrected chi connectivity index (χ3v) is 2.93. The highest BCUT2D eigenvalue weighted by Crippen LogP contribution is 2.25. The van der Waals surface area contributed by atoms with E-state index in [1.165, 1.54) is 16.0 Å². The molecule has 0 amide bonds. The van der Waals surface area contributed by atoms with Crippen LogP contribution in [0.1, 0.15) is 16.9 Å². The van der Waals surface area contributed by atoms with E-state index < -0.39 is 0 Å². The second-order valence-corrected chi connectivity index (χ2v) is 4.12. The lowest BCUT2D eigenvalue weighted by Gasteiger charge is -2.11. The van der Waals surface area contributed by atoms with Gasteiger partial charge in [-0.25, -0.2) is 0 Å². The minimum absolute atomic E-state index is 0.782. The van der Waals surface area contributed by atoms with Crippen LogP contribution in [0.5, 0.6) is 0 Å². The molecule has 1 aromatic heterocycles. The van der Waals surface area contributed by atoms with Crippen LogP contribution in [0.25, 0.3) is 5.57 Å². The van der Waals surface area contributed by atoms with E-state index in [1.807, 2.05) is 11.3 Å². The largest absolute Gasteiger partial charge is 0.377 e. The van der Waals surface area contributed by atoms with Gasteiger partial charge in [0.2, 0.25) is 0 Å². The molecule has 2 heterocycles. The fraction of sp³-hybridized carbons (Fsp3) is 0.400. The summed E-state index contributed by atoms with van der Waals surface area (Å²) in [6, 6.07) is 2.25. The van der Waals surface area contributed by atoms with Gasteiger partial charge in [0.15, 0.2) is 0 Å². The number of ether oxygens (including phenoxy) is 1. The summed E-state index contributed by atoms with van der Waals surface area (Å²) in [4.78, 5) is 1.39. The third-order valence-electron chi connectivity index (χ3n) is 2.06. The first-order chi connectivity index (χ1) is 5.86. The van der Waals surface area contributed by atoms with Crippen molar-refractivity contribution in [3.8, 4) is 0 Å². The van der Waals surface area contributed by atoms with Crippen molar-refractivity contribution in [2.45, 2.75) is 13.3 Å². The first-order valence-corrected chi connectivity index (χ1v) is 5.06. The molecule has 0 fully saturated rings. The Labute approximate surface area is 76.7 Å². The van der Waals surface area contributed by atoms with Crippen molar-refractivity contribution in [3.05, 3.63) is 28.0 Å². The smallest absolute Gasteiger partial charge is 0.0653 e. The van der Waals surface area contributed by atoms with Gasteiger partial charge in [-0.1, -0.05) is 6.08 Å². The van der Waals surface area contributed by atoms with Gasteiger partial charge in [0.1, 0.15) is 0 Å². The van der Waals surface area contributed by atoms with Crippen molar-refractivity contribution in [1.82, 2.24) is 0 Å². The number of rotatable bonds is 1. The summed E-state index contributed by atoms with van der Waals surface area (Å²) in [7, 11) is 0. The predicted octanol–water partition coefficient (Wildman–Crippen LogP) is 2.86. The van der Waals surface area contributed by atoms with Crippen molar-refractivity contribution >= 4 is 16.9 Å². The molecule has 64 valence electrons. The molecule has 1 aromatic rings. The summed E-state index contributed by atoms with van der Waals surface area (Å²) in [5, 5.41) is 2.23. The van der Waals surface area contributed by atoms with Crippen molar-refractivity contribution < 1.29 is 4.74 Å². The van der Waals surface area contributed by atoms with Gasteiger partial charge < -0.3 is 4.74 Å². The van der Waals surface area contributed by atoms with Gasteiger partial charge in [-0.05, 0) is 35.9 Å². The van der Waals surface area contributed by atoms with Crippen LogP contribution in [-0.4, -0.2) is 13.2 Å². The summed E-state index contributed by atoms with van der Waals surface area (Å²) >= 11 is 1.82. The Kier molecular flexibility index (Phi) is 2.28. The lowest BCUT2D eigenvalue weighted by atomic mass is 10.1. The van der Waals surface area contributed by atoms with Crippen molar-refractivity contribution in [1.29, 1.82) is 0 Å². The first-order valence-electron chi connectivity index (χ1n) is 4.18. The van der Waals surface area contributed by atoms with E-state index in [0.29, 0.717) is 0 Å². The second-order valence-electron chi connectivity index (χ2n) is 3.00. The summed E-state index contributed by atoms with van der Waals surface area (Å²) in [6.45, 7) is 3.80. The SMILES string of the molecule is Cc1cc(C2=CCOCC2)cs1. The third kappa shape index (κ3) is 1.59. The maximum absolute atomic E-state index is 5.26. The molecule has 0 radical (unpaired) electrons. The van der Waals surface area contributed by atoms with Crippen LogP contribution in [-0.2, 0) is 4.74 Å². The van der Waals surface area contributed by atoms with Gasteiger partial charge in [0, 0.05) is 4.88 Å². The van der Waals surface area contributed by atoms with Crippen LogP contribution >= 0.6 is 11.3 Å². The van der Waals surface area contributed by atoms with E-state index in [-0.39, 0.29) is 0 Å². The highest BCUT2D eigenvalue weighted by Gasteiger charge is 2.06. The Hall–Kier alpha value is -0.600. The predicted molar refractivity (Wildman–Crippen MR) is 52.5 cm³/mol. The van der Waals surface area contributed by atoms with Crippen LogP contribution in [0, 0.1) is 6.92 Å². The molecule has 1 nitrogen and oxygen atoms in total. The lowest BCUT2D eigenvalue weighted by molar-refractivity contribution is 0.161. The monoisotopic (exact) mass is 180 g/mol. The number of hydrogen-bond donors (Lipinski definition) is 0. The highest BCUT2D eigenvalue weighted by atomic mass is 32.1. The molecule has 0 spiro atoms. The zero-order chi connectivity index (χ0) is 8.39. The summed E-state index contributed by atoms with van der Waals surface area (Å²) in [5.74, 6) is 0. The molecule has 0 N–H and O–H groups in total. The zero-order valence-electron chi connectivity index (χ0n) is 7.17. The van der Waals surface area contributed by atoms with Crippen LogP contribution in [0.15, 0.2) is 17.5 Å². The molecule has 0 aromatic carbocycles. The van der Waals surface area contributed by atoms with Gasteiger partial charge in [-0.2, -0.15) is 0 Å². The number of aryl methyl sites for hydroxylation is 1. The van der Waals surface area contributed by atoms with E-state index in [9.17, 15) is 0 Å². The van der Waals surface area contributed by atoms with Crippen LogP contribution < -0.4 is 0 Å². The van der Waals surface area contributed by atoms with E-state index in [4.69, 9.17) is 4.74 Å². The molecule has 2 rings (SSSR count). The van der Waals surface area contributed by atoms with Gasteiger partial charge >= 0.3 is 0 Å². The van der Waals surface area contributed by atoms with Crippen molar-refractivity contribution in [2.75, 3.05) is 13.2 Å². The Morgan fingerprint density at radius 1 is 1.50 bits per heavy atom. The molecular formula is C10H12OS. The van der Waals surface area contributed by atoms with E-state index in [2.05, 4.69) is 24.4 Å². The Morgan fingerprint density at radius 3 is 3.00 bits per heavy atom. The summed E-state index contributed by atoms with van der Waals surface area (Å²) in [6.07, 6.45) is 3.25. The lowest BCUT2D eigenvalue weighted by Crippen LogP contribution is -2.02. The summed E-state index contributed by atoms with van der Waals surface area (Å²) in [5.41, 5.74) is 2.84. The Balaban J connectivity index is 2.23. The fourth-order valence-electron chi connectivity index (χ4n) is 1.40. The molecular weight excluding hydrogens is 168 g/mol. The molecule has 0 unspecified atom stereocenters. The number of hydrogen-bond acceptors (Lipinski definition) is 2. The Morgan fingerprint density at radius 2 is 2.42 bits per heavy atom. The molecule has 0 atom stereocenters. The fourth-order valence-corrected chi connectivity index (χ4v) is 2.13. The molecule has 0 saturated heterocycles. The van der Waals surface area contributed by atoms with Crippen LogP contribution in [0.3, 0.4) is 0 Å². The van der Waals surface area contributed by atoms with Gasteiger partial charge in [0.05, 0.1) is 13.2 Å². The van der Waals surface area contributed by atoms with Crippen molar-refractivity contribution in [3.63, 3.8) is 0 Å². The zero-order valence-corrected chi connectivity index (χ0v) is 7.99. The minimum Gasteiger partial charge on any atom is -0.377 e. The normalized spacial score (nSPS) is 17.6. The van der Waals surface area contributed by atoms with Crippen LogP contribution in [0.2, 0.25) is 0 Å². The van der Waals surface area contributed by atoms with Gasteiger partial charge in [0.25, 0.3) is 0 Å². The molecule has 1 aliphatic heterocycles. The average molecular weight is 180 g/mol.